The van der Waals surface area contributed by atoms with Crippen molar-refractivity contribution in [1.29, 1.82) is 0 Å². The first-order valence-electron chi connectivity index (χ1n) is 8.12. The van der Waals surface area contributed by atoms with E-state index in [1.165, 1.54) is 0 Å². The second-order valence-corrected chi connectivity index (χ2v) is 7.01. The summed E-state index contributed by atoms with van der Waals surface area (Å²) in [5.74, 6) is 1.17. The molecule has 132 valence electrons. The van der Waals surface area contributed by atoms with Crippen LogP contribution >= 0.6 is 23.2 Å². The maximum absolute atomic E-state index is 12.1. The van der Waals surface area contributed by atoms with E-state index in [9.17, 15) is 4.79 Å². The minimum absolute atomic E-state index is 0.186. The predicted octanol–water partition coefficient (Wildman–Crippen LogP) is 3.26. The third-order valence-electron chi connectivity index (χ3n) is 3.90. The van der Waals surface area contributed by atoms with Crippen LogP contribution in [0.25, 0.3) is 0 Å². The summed E-state index contributed by atoms with van der Waals surface area (Å²) in [6, 6.07) is 5.60. The van der Waals surface area contributed by atoms with E-state index in [2.05, 4.69) is 23.7 Å². The van der Waals surface area contributed by atoms with E-state index in [4.69, 9.17) is 28.9 Å². The molecule has 0 aliphatic carbocycles. The minimum Gasteiger partial charge on any atom is -0.386 e. The Labute approximate surface area is 153 Å². The molecule has 0 saturated carbocycles. The fourth-order valence-electron chi connectivity index (χ4n) is 2.69. The Morgan fingerprint density at radius 1 is 1.29 bits per heavy atom. The number of hydrogen-bond acceptors (Lipinski definition) is 3. The van der Waals surface area contributed by atoms with E-state index in [0.717, 1.165) is 31.9 Å². The van der Waals surface area contributed by atoms with Crippen LogP contribution in [0.5, 0.6) is 0 Å². The van der Waals surface area contributed by atoms with E-state index in [0.29, 0.717) is 28.9 Å². The van der Waals surface area contributed by atoms with E-state index in [1.54, 1.807) is 6.07 Å². The minimum atomic E-state index is 0.186. The highest BCUT2D eigenvalue weighted by molar-refractivity contribution is 6.33. The first-order chi connectivity index (χ1) is 11.4. The van der Waals surface area contributed by atoms with Crippen molar-refractivity contribution in [2.75, 3.05) is 37.0 Å². The van der Waals surface area contributed by atoms with Gasteiger partial charge in [-0.05, 0) is 24.1 Å². The van der Waals surface area contributed by atoms with Crippen LogP contribution in [0.15, 0.2) is 23.2 Å². The van der Waals surface area contributed by atoms with Crippen LogP contribution in [0.3, 0.4) is 0 Å². The molecule has 2 N–H and O–H groups in total. The normalized spacial score (nSPS) is 16.0. The average Bonchev–Trinajstić information content (AvgIpc) is 2.54. The summed E-state index contributed by atoms with van der Waals surface area (Å²) < 4.78 is 0. The number of amides is 1. The van der Waals surface area contributed by atoms with Crippen molar-refractivity contribution in [3.63, 3.8) is 0 Å². The lowest BCUT2D eigenvalue weighted by Crippen LogP contribution is -2.49. The van der Waals surface area contributed by atoms with Crippen molar-refractivity contribution in [1.82, 2.24) is 4.90 Å². The fraction of sp³-hybridized carbons (Fsp3) is 0.529. The Hall–Kier alpha value is -1.46. The van der Waals surface area contributed by atoms with Gasteiger partial charge in [0, 0.05) is 32.6 Å². The number of nitrogens with two attached hydrogens (primary N) is 1. The lowest BCUT2D eigenvalue weighted by Gasteiger charge is -2.36. The first-order valence-corrected chi connectivity index (χ1v) is 9.03. The molecule has 0 unspecified atom stereocenters. The lowest BCUT2D eigenvalue weighted by molar-refractivity contribution is -0.132. The van der Waals surface area contributed by atoms with Crippen molar-refractivity contribution in [2.24, 2.45) is 16.6 Å². The van der Waals surface area contributed by atoms with Crippen molar-refractivity contribution < 1.29 is 4.79 Å². The summed E-state index contributed by atoms with van der Waals surface area (Å²) in [6.07, 6.45) is 0.607. The molecular formula is C17H24Cl2N4O. The van der Waals surface area contributed by atoms with Crippen LogP contribution in [0.2, 0.25) is 5.02 Å². The SMILES string of the molecule is CC(C)CC(=O)N1CCN(c2ccc(N=C(N)CCl)cc2Cl)CC1. The first kappa shape index (κ1) is 18.9. The van der Waals surface area contributed by atoms with Gasteiger partial charge < -0.3 is 15.5 Å². The zero-order valence-electron chi connectivity index (χ0n) is 14.1. The number of piperazine rings is 1. The molecule has 1 amide bonds. The fourth-order valence-corrected chi connectivity index (χ4v) is 3.05. The number of rotatable bonds is 5. The van der Waals surface area contributed by atoms with Crippen molar-refractivity contribution in [2.45, 2.75) is 20.3 Å². The molecule has 1 saturated heterocycles. The van der Waals surface area contributed by atoms with Gasteiger partial charge in [0.25, 0.3) is 0 Å². The molecule has 1 fully saturated rings. The Morgan fingerprint density at radius 2 is 1.96 bits per heavy atom. The Morgan fingerprint density at radius 3 is 2.50 bits per heavy atom. The van der Waals surface area contributed by atoms with Crippen LogP contribution in [-0.4, -0.2) is 48.7 Å². The summed E-state index contributed by atoms with van der Waals surface area (Å²) in [6.45, 7) is 7.12. The van der Waals surface area contributed by atoms with Crippen LogP contribution in [0, 0.1) is 5.92 Å². The molecule has 0 atom stereocenters. The van der Waals surface area contributed by atoms with Crippen LogP contribution in [0.1, 0.15) is 20.3 Å². The van der Waals surface area contributed by atoms with Crippen molar-refractivity contribution in [3.8, 4) is 0 Å². The van der Waals surface area contributed by atoms with Crippen LogP contribution in [0.4, 0.5) is 11.4 Å². The van der Waals surface area contributed by atoms with Gasteiger partial charge in [-0.25, -0.2) is 4.99 Å². The van der Waals surface area contributed by atoms with E-state index in [1.807, 2.05) is 17.0 Å². The number of halogens is 2. The Bertz CT molecular complexity index is 611. The number of carbonyl (C=O) groups excluding carboxylic acids is 1. The van der Waals surface area contributed by atoms with Gasteiger partial charge in [0.1, 0.15) is 5.84 Å². The van der Waals surface area contributed by atoms with Crippen molar-refractivity contribution in [3.05, 3.63) is 23.2 Å². The van der Waals surface area contributed by atoms with Gasteiger partial charge in [-0.3, -0.25) is 4.79 Å². The topological polar surface area (TPSA) is 61.9 Å². The summed E-state index contributed by atoms with van der Waals surface area (Å²) in [5.41, 5.74) is 7.28. The van der Waals surface area contributed by atoms with Gasteiger partial charge in [0.2, 0.25) is 5.91 Å². The largest absolute Gasteiger partial charge is 0.386 e. The quantitative estimate of drug-likeness (QED) is 0.491. The summed E-state index contributed by atoms with van der Waals surface area (Å²) in [5, 5.41) is 0.626. The number of benzene rings is 1. The molecule has 1 aliphatic heterocycles. The summed E-state index contributed by atoms with van der Waals surface area (Å²) >= 11 is 12.0. The third kappa shape index (κ3) is 5.02. The maximum atomic E-state index is 12.1. The number of anilines is 1. The molecule has 2 rings (SSSR count). The molecule has 7 heteroatoms. The molecule has 0 radical (unpaired) electrons. The van der Waals surface area contributed by atoms with E-state index < -0.39 is 0 Å². The van der Waals surface area contributed by atoms with E-state index >= 15 is 0 Å². The van der Waals surface area contributed by atoms with Crippen LogP contribution in [-0.2, 0) is 4.79 Å². The van der Waals surface area contributed by atoms with Gasteiger partial charge in [-0.2, -0.15) is 0 Å². The zero-order chi connectivity index (χ0) is 17.7. The van der Waals surface area contributed by atoms with Gasteiger partial charge in [-0.1, -0.05) is 25.4 Å². The number of alkyl halides is 1. The summed E-state index contributed by atoms with van der Waals surface area (Å²) in [4.78, 5) is 20.5. The number of hydrogen-bond donors (Lipinski definition) is 1. The standard InChI is InChI=1S/C17H24Cl2N4O/c1-12(2)9-17(24)23-7-5-22(6-8-23)15-4-3-13(10-14(15)19)21-16(20)11-18/h3-4,10,12H,5-9,11H2,1-2H3,(H2,20,21). The lowest BCUT2D eigenvalue weighted by atomic mass is 10.1. The van der Waals surface area contributed by atoms with E-state index in [-0.39, 0.29) is 11.8 Å². The number of amidine groups is 1. The molecule has 5 nitrogen and oxygen atoms in total. The Balaban J connectivity index is 2.00. The number of aliphatic imine (C=N–C) groups is 1. The highest BCUT2D eigenvalue weighted by Gasteiger charge is 2.22. The number of nitrogens with zero attached hydrogens (tertiary/aromatic N) is 3. The molecule has 0 aromatic heterocycles. The Kier molecular flexibility index (Phi) is 6.75. The van der Waals surface area contributed by atoms with Gasteiger partial charge in [-0.15, -0.1) is 11.6 Å². The van der Waals surface area contributed by atoms with Crippen LogP contribution < -0.4 is 10.6 Å². The molecule has 1 aliphatic rings. The molecular weight excluding hydrogens is 347 g/mol. The third-order valence-corrected chi connectivity index (χ3v) is 4.47. The predicted molar refractivity (Wildman–Crippen MR) is 102 cm³/mol. The highest BCUT2D eigenvalue weighted by atomic mass is 35.5. The van der Waals surface area contributed by atoms with Gasteiger partial charge >= 0.3 is 0 Å². The molecule has 1 heterocycles. The molecule has 1 aromatic rings. The molecule has 1 aromatic carbocycles. The van der Waals surface area contributed by atoms with Crippen molar-refractivity contribution >= 4 is 46.3 Å². The molecule has 0 bridgehead atoms. The molecule has 0 spiro atoms. The smallest absolute Gasteiger partial charge is 0.222 e. The number of carbonyl (C=O) groups is 1. The second-order valence-electron chi connectivity index (χ2n) is 6.34. The molecule has 24 heavy (non-hydrogen) atoms. The highest BCUT2D eigenvalue weighted by Crippen LogP contribution is 2.30. The average molecular weight is 371 g/mol. The summed E-state index contributed by atoms with van der Waals surface area (Å²) in [7, 11) is 0. The monoisotopic (exact) mass is 370 g/mol. The second kappa shape index (κ2) is 8.58. The van der Waals surface area contributed by atoms with Gasteiger partial charge in [0.05, 0.1) is 22.3 Å². The van der Waals surface area contributed by atoms with Gasteiger partial charge in [0.15, 0.2) is 0 Å². The maximum Gasteiger partial charge on any atom is 0.222 e. The zero-order valence-corrected chi connectivity index (χ0v) is 15.6.